The quantitative estimate of drug-likeness (QED) is 0.419. The third kappa shape index (κ3) is 4.82. The summed E-state index contributed by atoms with van der Waals surface area (Å²) in [5.41, 5.74) is 6.58. The molecule has 148 valence electrons. The lowest BCUT2D eigenvalue weighted by molar-refractivity contribution is -0.387. The number of nitro groups is 1. The Morgan fingerprint density at radius 1 is 1.36 bits per heavy atom. The number of nitrogen functional groups attached to an aromatic ring is 1. The molecule has 1 unspecified atom stereocenters. The van der Waals surface area contributed by atoms with Crippen molar-refractivity contribution in [3.63, 3.8) is 0 Å². The smallest absolute Gasteiger partial charge is 0.284 e. The largest absolute Gasteiger partial charge is 0.399 e. The van der Waals surface area contributed by atoms with Gasteiger partial charge in [-0.3, -0.25) is 19.8 Å². The van der Waals surface area contributed by atoms with Crippen molar-refractivity contribution in [1.82, 2.24) is 10.2 Å². The normalized spacial score (nSPS) is 16.8. The summed E-state index contributed by atoms with van der Waals surface area (Å²) in [6.45, 7) is 4.68. The molecule has 2 aromatic rings. The van der Waals surface area contributed by atoms with Gasteiger partial charge in [-0.2, -0.15) is 0 Å². The van der Waals surface area contributed by atoms with Crippen LogP contribution < -0.4 is 11.1 Å². The molecule has 0 radical (unpaired) electrons. The van der Waals surface area contributed by atoms with Crippen molar-refractivity contribution in [2.24, 2.45) is 0 Å². The zero-order chi connectivity index (χ0) is 20.1. The summed E-state index contributed by atoms with van der Waals surface area (Å²) in [6.07, 6.45) is 2.19. The van der Waals surface area contributed by atoms with Gasteiger partial charge in [-0.25, -0.2) is 0 Å². The first-order chi connectivity index (χ1) is 13.5. The van der Waals surface area contributed by atoms with Gasteiger partial charge in [-0.15, -0.1) is 0 Å². The second kappa shape index (κ2) is 9.07. The van der Waals surface area contributed by atoms with Gasteiger partial charge in [0.05, 0.1) is 9.82 Å². The Hall–Kier alpha value is -2.58. The second-order valence-electron chi connectivity index (χ2n) is 6.75. The van der Waals surface area contributed by atoms with Gasteiger partial charge >= 0.3 is 0 Å². The molecular formula is C20H24N4O3S. The van der Waals surface area contributed by atoms with Crippen LogP contribution in [0.25, 0.3) is 0 Å². The Kier molecular flexibility index (Phi) is 6.53. The van der Waals surface area contributed by atoms with E-state index in [0.29, 0.717) is 28.7 Å². The van der Waals surface area contributed by atoms with E-state index in [1.807, 2.05) is 6.07 Å². The first-order valence-corrected chi connectivity index (χ1v) is 10.1. The number of nitro benzene ring substituents is 1. The van der Waals surface area contributed by atoms with Crippen LogP contribution in [0.3, 0.4) is 0 Å². The lowest BCUT2D eigenvalue weighted by Gasteiger charge is -2.22. The Bertz CT molecular complexity index is 874. The third-order valence-corrected chi connectivity index (χ3v) is 5.96. The fraction of sp³-hybridized carbons (Fsp3) is 0.350. The van der Waals surface area contributed by atoms with E-state index < -0.39 is 4.92 Å². The summed E-state index contributed by atoms with van der Waals surface area (Å²) >= 11 is 1.25. The maximum atomic E-state index is 12.5. The molecule has 0 saturated carbocycles. The van der Waals surface area contributed by atoms with Crippen molar-refractivity contribution in [2.45, 2.75) is 35.6 Å². The van der Waals surface area contributed by atoms with E-state index >= 15 is 0 Å². The third-order valence-electron chi connectivity index (χ3n) is 4.91. The van der Waals surface area contributed by atoms with Crippen LogP contribution >= 0.6 is 11.8 Å². The van der Waals surface area contributed by atoms with E-state index in [0.717, 1.165) is 30.8 Å². The SMILES string of the molecule is CCN1CCCC1CNC(=O)c1ccc(Sc2cccc(N)c2)c([N+](=O)[O-])c1. The predicted octanol–water partition coefficient (Wildman–Crippen LogP) is 3.54. The summed E-state index contributed by atoms with van der Waals surface area (Å²) in [5.74, 6) is -0.286. The van der Waals surface area contributed by atoms with E-state index in [1.165, 1.54) is 17.8 Å². The first kappa shape index (κ1) is 20.2. The molecule has 1 atom stereocenters. The number of benzene rings is 2. The fourth-order valence-corrected chi connectivity index (χ4v) is 4.42. The van der Waals surface area contributed by atoms with E-state index in [-0.39, 0.29) is 11.6 Å². The summed E-state index contributed by atoms with van der Waals surface area (Å²) in [6, 6.07) is 12.1. The average molecular weight is 401 g/mol. The number of carbonyl (C=O) groups excluding carboxylic acids is 1. The van der Waals surface area contributed by atoms with Gasteiger partial charge in [-0.1, -0.05) is 24.8 Å². The number of rotatable bonds is 7. The summed E-state index contributed by atoms with van der Waals surface area (Å²) in [7, 11) is 0. The van der Waals surface area contributed by atoms with Gasteiger partial charge in [0.15, 0.2) is 0 Å². The number of hydrogen-bond acceptors (Lipinski definition) is 6. The maximum absolute atomic E-state index is 12.5. The number of amides is 1. The molecule has 0 aromatic heterocycles. The molecule has 7 nitrogen and oxygen atoms in total. The van der Waals surface area contributed by atoms with Crippen LogP contribution in [0.2, 0.25) is 0 Å². The number of carbonyl (C=O) groups is 1. The Labute approximate surface area is 168 Å². The molecule has 28 heavy (non-hydrogen) atoms. The lowest BCUT2D eigenvalue weighted by atomic mass is 10.1. The number of anilines is 1. The Morgan fingerprint density at radius 3 is 2.89 bits per heavy atom. The average Bonchev–Trinajstić information content (AvgIpc) is 3.14. The standard InChI is InChI=1S/C20H24N4O3S/c1-2-23-10-4-6-16(23)13-22-20(25)14-8-9-19(18(11-14)24(26)27)28-17-7-3-5-15(21)12-17/h3,5,7-9,11-12,16H,2,4,6,10,13,21H2,1H3,(H,22,25). The Balaban J connectivity index is 1.72. The molecule has 0 bridgehead atoms. The number of nitrogens with zero attached hydrogens (tertiary/aromatic N) is 2. The van der Waals surface area contributed by atoms with Gasteiger partial charge in [0.2, 0.25) is 0 Å². The summed E-state index contributed by atoms with van der Waals surface area (Å²) in [5, 5.41) is 14.5. The lowest BCUT2D eigenvalue weighted by Crippen LogP contribution is -2.40. The molecule has 3 N–H and O–H groups in total. The van der Waals surface area contributed by atoms with Crippen molar-refractivity contribution < 1.29 is 9.72 Å². The number of hydrogen-bond donors (Lipinski definition) is 2. The number of likely N-dealkylation sites (N-methyl/N-ethyl adjacent to an activating group) is 1. The van der Waals surface area contributed by atoms with E-state index in [1.54, 1.807) is 30.3 Å². The highest BCUT2D eigenvalue weighted by Crippen LogP contribution is 2.36. The zero-order valence-electron chi connectivity index (χ0n) is 15.8. The topological polar surface area (TPSA) is 102 Å². The van der Waals surface area contributed by atoms with Crippen molar-refractivity contribution in [2.75, 3.05) is 25.4 Å². The molecule has 0 spiro atoms. The second-order valence-corrected chi connectivity index (χ2v) is 7.86. The molecule has 3 rings (SSSR count). The molecular weight excluding hydrogens is 376 g/mol. The van der Waals surface area contributed by atoms with Crippen molar-refractivity contribution in [1.29, 1.82) is 0 Å². The minimum absolute atomic E-state index is 0.0869. The van der Waals surface area contributed by atoms with Crippen molar-refractivity contribution >= 4 is 29.0 Å². The predicted molar refractivity (Wildman–Crippen MR) is 111 cm³/mol. The van der Waals surface area contributed by atoms with E-state index in [2.05, 4.69) is 17.1 Å². The minimum Gasteiger partial charge on any atom is -0.399 e. The van der Waals surface area contributed by atoms with Crippen LogP contribution in [0.5, 0.6) is 0 Å². The van der Waals surface area contributed by atoms with Gasteiger partial charge in [0, 0.05) is 34.8 Å². The highest BCUT2D eigenvalue weighted by molar-refractivity contribution is 7.99. The van der Waals surface area contributed by atoms with Crippen molar-refractivity contribution in [3.8, 4) is 0 Å². The Morgan fingerprint density at radius 2 is 2.18 bits per heavy atom. The molecule has 1 heterocycles. The highest BCUT2D eigenvalue weighted by Gasteiger charge is 2.24. The molecule has 1 saturated heterocycles. The van der Waals surface area contributed by atoms with Crippen LogP contribution in [-0.2, 0) is 0 Å². The molecule has 1 amide bonds. The van der Waals surface area contributed by atoms with Crippen LogP contribution in [0.15, 0.2) is 52.3 Å². The van der Waals surface area contributed by atoms with Crippen molar-refractivity contribution in [3.05, 3.63) is 58.1 Å². The minimum atomic E-state index is -0.457. The highest BCUT2D eigenvalue weighted by atomic mass is 32.2. The maximum Gasteiger partial charge on any atom is 0.284 e. The van der Waals surface area contributed by atoms with Gasteiger partial charge in [0.1, 0.15) is 0 Å². The van der Waals surface area contributed by atoms with Gasteiger partial charge in [0.25, 0.3) is 11.6 Å². The first-order valence-electron chi connectivity index (χ1n) is 9.32. The monoisotopic (exact) mass is 400 g/mol. The number of nitrogens with two attached hydrogens (primary N) is 1. The molecule has 2 aromatic carbocycles. The van der Waals surface area contributed by atoms with E-state index in [9.17, 15) is 14.9 Å². The fourth-order valence-electron chi connectivity index (χ4n) is 3.45. The van der Waals surface area contributed by atoms with Crippen LogP contribution in [0.4, 0.5) is 11.4 Å². The van der Waals surface area contributed by atoms with Crippen LogP contribution in [0.1, 0.15) is 30.1 Å². The molecule has 1 aliphatic rings. The van der Waals surface area contributed by atoms with Gasteiger partial charge in [-0.05, 0) is 56.3 Å². The van der Waals surface area contributed by atoms with Crippen LogP contribution in [0, 0.1) is 10.1 Å². The summed E-state index contributed by atoms with van der Waals surface area (Å²) < 4.78 is 0. The van der Waals surface area contributed by atoms with Gasteiger partial charge < -0.3 is 11.1 Å². The number of nitrogens with one attached hydrogen (secondary N) is 1. The molecule has 8 heteroatoms. The van der Waals surface area contributed by atoms with E-state index in [4.69, 9.17) is 5.73 Å². The number of likely N-dealkylation sites (tertiary alicyclic amines) is 1. The molecule has 0 aliphatic carbocycles. The zero-order valence-corrected chi connectivity index (χ0v) is 16.6. The molecule has 1 fully saturated rings. The summed E-state index contributed by atoms with van der Waals surface area (Å²) in [4.78, 5) is 27.2. The molecule has 1 aliphatic heterocycles. The van der Waals surface area contributed by atoms with Crippen LogP contribution in [-0.4, -0.2) is 41.4 Å².